The molecule has 0 saturated carbocycles. The van der Waals surface area contributed by atoms with Gasteiger partial charge in [-0.1, -0.05) is 48.5 Å². The molecular weight excluding hydrogens is 302 g/mol. The summed E-state index contributed by atoms with van der Waals surface area (Å²) in [4.78, 5) is 4.36. The van der Waals surface area contributed by atoms with E-state index in [1.54, 1.807) is 6.20 Å². The molecule has 0 aliphatic rings. The third-order valence-electron chi connectivity index (χ3n) is 3.35. The van der Waals surface area contributed by atoms with E-state index in [0.717, 1.165) is 27.5 Å². The van der Waals surface area contributed by atoms with Gasteiger partial charge in [-0.15, -0.1) is 11.3 Å². The average Bonchev–Trinajstić information content (AvgIpc) is 3.03. The number of nitriles is 1. The van der Waals surface area contributed by atoms with E-state index in [4.69, 9.17) is 0 Å². The third-order valence-corrected chi connectivity index (χ3v) is 4.35. The van der Waals surface area contributed by atoms with Gasteiger partial charge < -0.3 is 5.32 Å². The van der Waals surface area contributed by atoms with Crippen molar-refractivity contribution in [1.82, 2.24) is 4.98 Å². The van der Waals surface area contributed by atoms with E-state index in [9.17, 15) is 5.26 Å². The normalized spacial score (nSPS) is 11.0. The molecule has 0 aliphatic heterocycles. The van der Waals surface area contributed by atoms with Crippen LogP contribution in [0.3, 0.4) is 0 Å². The Kier molecular flexibility index (Phi) is 4.51. The molecular formula is C19H15N3S. The van der Waals surface area contributed by atoms with Gasteiger partial charge in [0.05, 0.1) is 0 Å². The molecule has 2 aromatic carbocycles. The van der Waals surface area contributed by atoms with E-state index in [1.165, 1.54) is 11.3 Å². The van der Waals surface area contributed by atoms with Gasteiger partial charge in [0.2, 0.25) is 0 Å². The van der Waals surface area contributed by atoms with Gasteiger partial charge in [0.1, 0.15) is 16.6 Å². The largest absolute Gasteiger partial charge is 0.360 e. The number of anilines is 1. The Morgan fingerprint density at radius 3 is 2.57 bits per heavy atom. The van der Waals surface area contributed by atoms with Crippen molar-refractivity contribution in [2.75, 3.05) is 5.32 Å². The number of para-hydroxylation sites is 1. The number of nitrogens with zero attached hydrogens (tertiary/aromatic N) is 2. The summed E-state index contributed by atoms with van der Waals surface area (Å²) in [7, 11) is 0. The van der Waals surface area contributed by atoms with Crippen LogP contribution in [0.5, 0.6) is 0 Å². The van der Waals surface area contributed by atoms with Crippen LogP contribution in [0.1, 0.15) is 10.7 Å². The fourth-order valence-electron chi connectivity index (χ4n) is 2.25. The highest BCUT2D eigenvalue weighted by atomic mass is 32.1. The van der Waals surface area contributed by atoms with Crippen LogP contribution in [0.25, 0.3) is 16.7 Å². The maximum atomic E-state index is 9.36. The summed E-state index contributed by atoms with van der Waals surface area (Å²) < 4.78 is 0. The highest BCUT2D eigenvalue weighted by Gasteiger charge is 2.07. The number of hydrogen-bond acceptors (Lipinski definition) is 4. The summed E-state index contributed by atoms with van der Waals surface area (Å²) in [6.45, 7) is 1.92. The van der Waals surface area contributed by atoms with Crippen molar-refractivity contribution in [2.45, 2.75) is 6.92 Å². The van der Waals surface area contributed by atoms with Gasteiger partial charge in [-0.3, -0.25) is 0 Å². The lowest BCUT2D eigenvalue weighted by Gasteiger charge is -2.09. The van der Waals surface area contributed by atoms with Crippen LogP contribution in [0, 0.1) is 18.3 Å². The van der Waals surface area contributed by atoms with Gasteiger partial charge >= 0.3 is 0 Å². The standard InChI is InChI=1S/C19H15N3S/c1-14-13-23-19(22-14)16(11-20)12-21-18-10-6-5-9-17(18)15-7-3-2-4-8-15/h2-10,12-13,21H,1H3/b16-12+. The van der Waals surface area contributed by atoms with Crippen molar-refractivity contribution in [3.05, 3.63) is 76.9 Å². The number of aromatic nitrogens is 1. The van der Waals surface area contributed by atoms with Crippen LogP contribution in [-0.4, -0.2) is 4.98 Å². The average molecular weight is 317 g/mol. The Morgan fingerprint density at radius 2 is 1.87 bits per heavy atom. The number of hydrogen-bond donors (Lipinski definition) is 1. The lowest BCUT2D eigenvalue weighted by Crippen LogP contribution is -1.93. The predicted octanol–water partition coefficient (Wildman–Crippen LogP) is 5.10. The van der Waals surface area contributed by atoms with Crippen LogP contribution in [0.15, 0.2) is 66.2 Å². The van der Waals surface area contributed by atoms with Crippen LogP contribution in [0.2, 0.25) is 0 Å². The van der Waals surface area contributed by atoms with E-state index >= 15 is 0 Å². The summed E-state index contributed by atoms with van der Waals surface area (Å²) in [6.07, 6.45) is 1.72. The van der Waals surface area contributed by atoms with Crippen molar-refractivity contribution in [3.63, 3.8) is 0 Å². The van der Waals surface area contributed by atoms with Gasteiger partial charge in [0.15, 0.2) is 0 Å². The Bertz CT molecular complexity index is 873. The molecule has 3 aromatic rings. The highest BCUT2D eigenvalue weighted by Crippen LogP contribution is 2.28. The molecule has 0 amide bonds. The summed E-state index contributed by atoms with van der Waals surface area (Å²) in [5.74, 6) is 0. The van der Waals surface area contributed by atoms with E-state index in [0.29, 0.717) is 5.57 Å². The summed E-state index contributed by atoms with van der Waals surface area (Å²) >= 11 is 1.48. The SMILES string of the molecule is Cc1csc(/C(C#N)=C/Nc2ccccc2-c2ccccc2)n1. The van der Waals surface area contributed by atoms with Crippen molar-refractivity contribution in [2.24, 2.45) is 0 Å². The number of benzene rings is 2. The van der Waals surface area contributed by atoms with Gasteiger partial charge in [0.25, 0.3) is 0 Å². The van der Waals surface area contributed by atoms with E-state index in [-0.39, 0.29) is 0 Å². The summed E-state index contributed by atoms with van der Waals surface area (Å²) in [5.41, 5.74) is 4.64. The van der Waals surface area contributed by atoms with Crippen molar-refractivity contribution in [3.8, 4) is 17.2 Å². The maximum absolute atomic E-state index is 9.36. The number of aryl methyl sites for hydroxylation is 1. The number of rotatable bonds is 4. The van der Waals surface area contributed by atoms with Crippen LogP contribution >= 0.6 is 11.3 Å². The van der Waals surface area contributed by atoms with Crippen molar-refractivity contribution in [1.29, 1.82) is 5.26 Å². The second kappa shape index (κ2) is 6.91. The lowest BCUT2D eigenvalue weighted by molar-refractivity contribution is 1.24. The number of nitrogens with one attached hydrogen (secondary N) is 1. The van der Waals surface area contributed by atoms with E-state index in [1.807, 2.05) is 48.7 Å². The van der Waals surface area contributed by atoms with Gasteiger partial charge in [-0.25, -0.2) is 4.98 Å². The number of thiazole rings is 1. The first-order chi connectivity index (χ1) is 11.3. The molecule has 3 nitrogen and oxygen atoms in total. The first-order valence-electron chi connectivity index (χ1n) is 7.21. The highest BCUT2D eigenvalue weighted by molar-refractivity contribution is 7.10. The molecule has 0 unspecified atom stereocenters. The fraction of sp³-hybridized carbons (Fsp3) is 0.0526. The molecule has 0 spiro atoms. The van der Waals surface area contributed by atoms with Crippen LogP contribution < -0.4 is 5.32 Å². The van der Waals surface area contributed by atoms with Crippen LogP contribution in [0.4, 0.5) is 5.69 Å². The molecule has 0 saturated heterocycles. The molecule has 4 heteroatoms. The molecule has 0 bridgehead atoms. The molecule has 0 fully saturated rings. The Morgan fingerprint density at radius 1 is 1.13 bits per heavy atom. The van der Waals surface area contributed by atoms with Gasteiger partial charge in [-0.05, 0) is 18.6 Å². The second-order valence-electron chi connectivity index (χ2n) is 5.02. The topological polar surface area (TPSA) is 48.7 Å². The smallest absolute Gasteiger partial charge is 0.135 e. The zero-order valence-electron chi connectivity index (χ0n) is 12.7. The Hall–Kier alpha value is -2.90. The molecule has 0 atom stereocenters. The molecule has 0 radical (unpaired) electrons. The molecule has 1 aromatic heterocycles. The minimum absolute atomic E-state index is 0.533. The summed E-state index contributed by atoms with van der Waals surface area (Å²) in [6, 6.07) is 20.4. The van der Waals surface area contributed by atoms with Crippen molar-refractivity contribution < 1.29 is 0 Å². The molecule has 23 heavy (non-hydrogen) atoms. The van der Waals surface area contributed by atoms with Gasteiger partial charge in [-0.2, -0.15) is 5.26 Å². The zero-order chi connectivity index (χ0) is 16.1. The van der Waals surface area contributed by atoms with E-state index < -0.39 is 0 Å². The fourth-order valence-corrected chi connectivity index (χ4v) is 3.01. The molecule has 1 N–H and O–H groups in total. The molecule has 3 rings (SSSR count). The second-order valence-corrected chi connectivity index (χ2v) is 5.88. The van der Waals surface area contributed by atoms with Crippen LogP contribution in [-0.2, 0) is 0 Å². The Balaban J connectivity index is 1.92. The quantitative estimate of drug-likeness (QED) is 0.681. The zero-order valence-corrected chi connectivity index (χ0v) is 13.5. The van der Waals surface area contributed by atoms with E-state index in [2.05, 4.69) is 34.6 Å². The van der Waals surface area contributed by atoms with Crippen molar-refractivity contribution >= 4 is 22.6 Å². The maximum Gasteiger partial charge on any atom is 0.135 e. The third kappa shape index (κ3) is 3.47. The molecule has 112 valence electrons. The van der Waals surface area contributed by atoms with Gasteiger partial charge in [0, 0.05) is 28.5 Å². The monoisotopic (exact) mass is 317 g/mol. The lowest BCUT2D eigenvalue weighted by atomic mass is 10.0. The minimum atomic E-state index is 0.533. The first kappa shape index (κ1) is 15.0. The summed E-state index contributed by atoms with van der Waals surface area (Å²) in [5, 5.41) is 15.3. The molecule has 1 heterocycles. The number of allylic oxidation sites excluding steroid dienone is 1. The minimum Gasteiger partial charge on any atom is -0.360 e. The Labute approximate surface area is 139 Å². The predicted molar refractivity (Wildman–Crippen MR) is 95.9 cm³/mol. The molecule has 0 aliphatic carbocycles. The first-order valence-corrected chi connectivity index (χ1v) is 8.09.